The van der Waals surface area contributed by atoms with Crippen LogP contribution in [-0.2, 0) is 10.6 Å². The summed E-state index contributed by atoms with van der Waals surface area (Å²) in [4.78, 5) is 18.3. The lowest BCUT2D eigenvalue weighted by molar-refractivity contribution is 0.0677. The number of ether oxygens (including phenoxy) is 1. The molecule has 0 spiro atoms. The second-order valence-corrected chi connectivity index (χ2v) is 7.35. The number of aromatic nitrogens is 2. The molecule has 6 nitrogen and oxygen atoms in total. The van der Waals surface area contributed by atoms with Crippen molar-refractivity contribution in [2.75, 3.05) is 19.7 Å². The third-order valence-corrected chi connectivity index (χ3v) is 5.67. The summed E-state index contributed by atoms with van der Waals surface area (Å²) in [6.45, 7) is 1.38. The molecule has 2 heterocycles. The van der Waals surface area contributed by atoms with E-state index < -0.39 is 0 Å². The molecule has 1 aliphatic carbocycles. The highest BCUT2D eigenvalue weighted by Crippen LogP contribution is 2.44. The third-order valence-electron chi connectivity index (χ3n) is 5.44. The van der Waals surface area contributed by atoms with Crippen molar-refractivity contribution in [3.8, 4) is 11.1 Å². The van der Waals surface area contributed by atoms with Gasteiger partial charge in [0, 0.05) is 19.0 Å². The Labute approximate surface area is 167 Å². The summed E-state index contributed by atoms with van der Waals surface area (Å²) in [5.41, 5.74) is 4.85. The SMILES string of the molecule is O=C(OCC1c2ccccc2-c2ccccc21)N1CC(c2noc(CCl)n2)C1. The van der Waals surface area contributed by atoms with Crippen molar-refractivity contribution in [1.82, 2.24) is 15.0 Å². The van der Waals surface area contributed by atoms with Gasteiger partial charge in [-0.15, -0.1) is 11.6 Å². The Morgan fingerprint density at radius 1 is 1.11 bits per heavy atom. The number of benzene rings is 2. The zero-order chi connectivity index (χ0) is 19.1. The van der Waals surface area contributed by atoms with Crippen LogP contribution >= 0.6 is 11.6 Å². The van der Waals surface area contributed by atoms with E-state index in [9.17, 15) is 4.79 Å². The molecule has 1 aromatic heterocycles. The molecule has 0 bridgehead atoms. The Bertz CT molecular complexity index is 983. The van der Waals surface area contributed by atoms with Gasteiger partial charge in [0.1, 0.15) is 12.5 Å². The van der Waals surface area contributed by atoms with E-state index in [1.807, 2.05) is 24.3 Å². The lowest BCUT2D eigenvalue weighted by atomic mass is 9.98. The van der Waals surface area contributed by atoms with Gasteiger partial charge in [-0.25, -0.2) is 4.79 Å². The van der Waals surface area contributed by atoms with Crippen LogP contribution in [0.25, 0.3) is 11.1 Å². The van der Waals surface area contributed by atoms with Crippen LogP contribution in [0.5, 0.6) is 0 Å². The Morgan fingerprint density at radius 3 is 2.36 bits per heavy atom. The Hall–Kier alpha value is -2.86. The van der Waals surface area contributed by atoms with E-state index in [1.54, 1.807) is 4.90 Å². The highest BCUT2D eigenvalue weighted by molar-refractivity contribution is 6.16. The van der Waals surface area contributed by atoms with Crippen LogP contribution < -0.4 is 0 Å². The summed E-state index contributed by atoms with van der Waals surface area (Å²) in [7, 11) is 0. The molecule has 0 unspecified atom stereocenters. The molecule has 1 saturated heterocycles. The van der Waals surface area contributed by atoms with Gasteiger partial charge in [-0.3, -0.25) is 0 Å². The van der Waals surface area contributed by atoms with Gasteiger partial charge in [-0.1, -0.05) is 53.7 Å². The molecule has 2 aromatic carbocycles. The lowest BCUT2D eigenvalue weighted by Crippen LogP contribution is -2.49. The number of hydrogen-bond donors (Lipinski definition) is 0. The first-order valence-corrected chi connectivity index (χ1v) is 9.76. The molecule has 1 aliphatic heterocycles. The van der Waals surface area contributed by atoms with E-state index in [-0.39, 0.29) is 23.8 Å². The van der Waals surface area contributed by atoms with E-state index in [1.165, 1.54) is 22.3 Å². The van der Waals surface area contributed by atoms with Crippen molar-refractivity contribution in [3.63, 3.8) is 0 Å². The second-order valence-electron chi connectivity index (χ2n) is 7.09. The van der Waals surface area contributed by atoms with Crippen LogP contribution in [0, 0.1) is 0 Å². The predicted molar refractivity (Wildman–Crippen MR) is 103 cm³/mol. The summed E-state index contributed by atoms with van der Waals surface area (Å²) < 4.78 is 10.7. The number of halogens is 1. The fourth-order valence-corrected chi connectivity index (χ4v) is 4.07. The van der Waals surface area contributed by atoms with Gasteiger partial charge in [0.05, 0.1) is 5.92 Å². The number of carbonyl (C=O) groups excluding carboxylic acids is 1. The first kappa shape index (κ1) is 17.3. The molecule has 2 aliphatic rings. The molecule has 0 saturated carbocycles. The van der Waals surface area contributed by atoms with Crippen molar-refractivity contribution in [2.45, 2.75) is 17.7 Å². The van der Waals surface area contributed by atoms with Gasteiger partial charge in [-0.2, -0.15) is 4.98 Å². The summed E-state index contributed by atoms with van der Waals surface area (Å²) in [5, 5.41) is 3.91. The van der Waals surface area contributed by atoms with Gasteiger partial charge < -0.3 is 14.2 Å². The summed E-state index contributed by atoms with van der Waals surface area (Å²) in [6, 6.07) is 16.6. The normalized spacial score (nSPS) is 15.8. The topological polar surface area (TPSA) is 68.5 Å². The van der Waals surface area contributed by atoms with Gasteiger partial charge in [0.25, 0.3) is 0 Å². The molecule has 28 heavy (non-hydrogen) atoms. The number of likely N-dealkylation sites (tertiary alicyclic amines) is 1. The number of alkyl halides is 1. The van der Waals surface area contributed by atoms with Crippen LogP contribution in [0.4, 0.5) is 4.79 Å². The average Bonchev–Trinajstić information content (AvgIpc) is 3.28. The monoisotopic (exact) mass is 395 g/mol. The molecule has 0 atom stereocenters. The van der Waals surface area contributed by atoms with E-state index in [0.29, 0.717) is 31.4 Å². The average molecular weight is 396 g/mol. The zero-order valence-corrected chi connectivity index (χ0v) is 15.8. The number of carbonyl (C=O) groups is 1. The fourth-order valence-electron chi connectivity index (χ4n) is 3.96. The van der Waals surface area contributed by atoms with Crippen molar-refractivity contribution in [3.05, 3.63) is 71.4 Å². The van der Waals surface area contributed by atoms with Gasteiger partial charge in [0.15, 0.2) is 5.82 Å². The minimum absolute atomic E-state index is 0.0666. The van der Waals surface area contributed by atoms with Crippen molar-refractivity contribution in [1.29, 1.82) is 0 Å². The molecule has 142 valence electrons. The van der Waals surface area contributed by atoms with E-state index >= 15 is 0 Å². The predicted octanol–water partition coefficient (Wildman–Crippen LogP) is 4.16. The van der Waals surface area contributed by atoms with Crippen molar-refractivity contribution in [2.24, 2.45) is 0 Å². The first-order chi connectivity index (χ1) is 13.7. The lowest BCUT2D eigenvalue weighted by Gasteiger charge is -2.36. The zero-order valence-electron chi connectivity index (χ0n) is 15.0. The number of hydrogen-bond acceptors (Lipinski definition) is 5. The molecule has 1 amide bonds. The van der Waals surface area contributed by atoms with Gasteiger partial charge in [-0.05, 0) is 22.3 Å². The standard InChI is InChI=1S/C21H18ClN3O3/c22-9-19-23-20(24-28-19)13-10-25(11-13)21(26)27-12-18-16-7-3-1-5-14(16)15-6-2-4-8-17(15)18/h1-8,13,18H,9-12H2. The molecule has 5 rings (SSSR count). The van der Waals surface area contributed by atoms with Crippen LogP contribution in [0.1, 0.15) is 34.7 Å². The molecular formula is C21H18ClN3O3. The van der Waals surface area contributed by atoms with Crippen LogP contribution in [0.15, 0.2) is 53.1 Å². The Balaban J connectivity index is 1.23. The first-order valence-electron chi connectivity index (χ1n) is 9.23. The summed E-state index contributed by atoms with van der Waals surface area (Å²) in [6.07, 6.45) is -0.306. The third kappa shape index (κ3) is 2.85. The molecule has 3 aromatic rings. The van der Waals surface area contributed by atoms with Gasteiger partial charge >= 0.3 is 6.09 Å². The van der Waals surface area contributed by atoms with Crippen molar-refractivity contribution < 1.29 is 14.1 Å². The summed E-state index contributed by atoms with van der Waals surface area (Å²) >= 11 is 5.68. The molecule has 0 N–H and O–H groups in total. The van der Waals surface area contributed by atoms with E-state index in [4.69, 9.17) is 20.9 Å². The van der Waals surface area contributed by atoms with E-state index in [0.717, 1.165) is 0 Å². The quantitative estimate of drug-likeness (QED) is 0.620. The highest BCUT2D eigenvalue weighted by Gasteiger charge is 2.37. The highest BCUT2D eigenvalue weighted by atomic mass is 35.5. The number of fused-ring (bicyclic) bond motifs is 3. The smallest absolute Gasteiger partial charge is 0.409 e. The van der Waals surface area contributed by atoms with Crippen molar-refractivity contribution >= 4 is 17.7 Å². The molecule has 7 heteroatoms. The second kappa shape index (κ2) is 6.95. The van der Waals surface area contributed by atoms with Crippen LogP contribution in [0.2, 0.25) is 0 Å². The maximum atomic E-state index is 12.5. The Morgan fingerprint density at radius 2 is 1.75 bits per heavy atom. The maximum Gasteiger partial charge on any atom is 0.409 e. The minimum Gasteiger partial charge on any atom is -0.448 e. The number of nitrogens with zero attached hydrogens (tertiary/aromatic N) is 3. The maximum absolute atomic E-state index is 12.5. The number of rotatable bonds is 4. The summed E-state index contributed by atoms with van der Waals surface area (Å²) in [5.74, 6) is 1.32. The largest absolute Gasteiger partial charge is 0.448 e. The fraction of sp³-hybridized carbons (Fsp3) is 0.286. The minimum atomic E-state index is -0.306. The molecule has 1 fully saturated rings. The Kier molecular flexibility index (Phi) is 4.28. The van der Waals surface area contributed by atoms with Crippen LogP contribution in [-0.4, -0.2) is 40.8 Å². The number of amides is 1. The molecule has 0 radical (unpaired) electrons. The van der Waals surface area contributed by atoms with E-state index in [2.05, 4.69) is 34.4 Å². The van der Waals surface area contributed by atoms with Gasteiger partial charge in [0.2, 0.25) is 5.89 Å². The molecular weight excluding hydrogens is 378 g/mol. The van der Waals surface area contributed by atoms with Crippen LogP contribution in [0.3, 0.4) is 0 Å².